The van der Waals surface area contributed by atoms with Gasteiger partial charge >= 0.3 is 0 Å². The predicted octanol–water partition coefficient (Wildman–Crippen LogP) is 3.33. The second-order valence-electron chi connectivity index (χ2n) is 5.28. The maximum atomic E-state index is 13.3. The van der Waals surface area contributed by atoms with E-state index in [0.717, 1.165) is 0 Å². The average molecular weight is 327 g/mol. The Hall–Kier alpha value is -3.06. The van der Waals surface area contributed by atoms with Crippen LogP contribution in [0, 0.1) is 15.9 Å². The van der Waals surface area contributed by atoms with E-state index in [1.165, 1.54) is 30.3 Å². The Morgan fingerprint density at radius 3 is 2.79 bits per heavy atom. The van der Waals surface area contributed by atoms with E-state index in [1.807, 2.05) is 0 Å². The van der Waals surface area contributed by atoms with Crippen LogP contribution in [-0.4, -0.2) is 19.6 Å². The molecule has 0 spiro atoms. The second-order valence-corrected chi connectivity index (χ2v) is 5.28. The number of hydrogen-bond donors (Lipinski definition) is 1. The molecule has 1 N–H and O–H groups in total. The number of non-ortho nitro benzene ring substituents is 1. The Kier molecular flexibility index (Phi) is 4.35. The lowest BCUT2D eigenvalue weighted by Crippen LogP contribution is -2.09. The molecule has 24 heavy (non-hydrogen) atoms. The van der Waals surface area contributed by atoms with Crippen molar-refractivity contribution in [2.45, 2.75) is 12.6 Å². The van der Waals surface area contributed by atoms with Crippen LogP contribution in [-0.2, 0) is 6.54 Å². The molecule has 0 radical (unpaired) electrons. The van der Waals surface area contributed by atoms with Gasteiger partial charge in [-0.1, -0.05) is 24.3 Å². The number of rotatable bonds is 5. The van der Waals surface area contributed by atoms with E-state index in [9.17, 15) is 19.6 Å². The lowest BCUT2D eigenvalue weighted by molar-refractivity contribution is -0.384. The first kappa shape index (κ1) is 15.8. The molecule has 0 amide bonds. The van der Waals surface area contributed by atoms with Crippen LogP contribution in [0.1, 0.15) is 11.7 Å². The summed E-state index contributed by atoms with van der Waals surface area (Å²) in [6.45, 7) is 0.154. The summed E-state index contributed by atoms with van der Waals surface area (Å²) in [7, 11) is 0. The van der Waals surface area contributed by atoms with E-state index in [2.05, 4.69) is 4.98 Å². The number of aliphatic hydroxyl groups is 1. The molecule has 0 aliphatic heterocycles. The molecule has 0 unspecified atom stereocenters. The number of imidazole rings is 1. The molecule has 1 atom stereocenters. The van der Waals surface area contributed by atoms with Crippen LogP contribution in [0.2, 0.25) is 0 Å². The number of nitrogens with zero attached hydrogens (tertiary/aromatic N) is 3. The zero-order chi connectivity index (χ0) is 17.1. The van der Waals surface area contributed by atoms with Crippen LogP contribution in [0.15, 0.2) is 60.9 Å². The largest absolute Gasteiger partial charge is 0.387 e. The van der Waals surface area contributed by atoms with Gasteiger partial charge in [0.2, 0.25) is 0 Å². The standard InChI is InChI=1S/C17H14FN3O3/c18-14-5-1-3-12(9-14)16(22)11-20-8-7-19-17(20)13-4-2-6-15(10-13)21(23)24/h1-10,16,22H,11H2/t16-/m0/s1. The van der Waals surface area contributed by atoms with Crippen molar-refractivity contribution < 1.29 is 14.4 Å². The summed E-state index contributed by atoms with van der Waals surface area (Å²) in [6, 6.07) is 11.9. The number of nitro benzene ring substituents is 1. The van der Waals surface area contributed by atoms with E-state index >= 15 is 0 Å². The van der Waals surface area contributed by atoms with Gasteiger partial charge in [-0.15, -0.1) is 0 Å². The van der Waals surface area contributed by atoms with Crippen LogP contribution in [0.4, 0.5) is 10.1 Å². The molecular weight excluding hydrogens is 313 g/mol. The summed E-state index contributed by atoms with van der Waals surface area (Å²) in [5.41, 5.74) is 0.988. The van der Waals surface area contributed by atoms with Gasteiger partial charge in [0.25, 0.3) is 5.69 Å². The molecule has 0 fully saturated rings. The van der Waals surface area contributed by atoms with Gasteiger partial charge in [-0.05, 0) is 17.7 Å². The van der Waals surface area contributed by atoms with Crippen molar-refractivity contribution in [1.29, 1.82) is 0 Å². The van der Waals surface area contributed by atoms with Crippen LogP contribution in [0.25, 0.3) is 11.4 Å². The van der Waals surface area contributed by atoms with Crippen LogP contribution < -0.4 is 0 Å². The number of nitro groups is 1. The molecule has 7 heteroatoms. The van der Waals surface area contributed by atoms with Crippen molar-refractivity contribution in [3.05, 3.63) is 82.4 Å². The number of benzene rings is 2. The topological polar surface area (TPSA) is 81.2 Å². The van der Waals surface area contributed by atoms with Crippen molar-refractivity contribution in [1.82, 2.24) is 9.55 Å². The highest BCUT2D eigenvalue weighted by Crippen LogP contribution is 2.24. The van der Waals surface area contributed by atoms with Crippen molar-refractivity contribution in [2.24, 2.45) is 0 Å². The van der Waals surface area contributed by atoms with E-state index in [-0.39, 0.29) is 12.2 Å². The zero-order valence-corrected chi connectivity index (χ0v) is 12.5. The molecule has 2 aromatic carbocycles. The minimum atomic E-state index is -0.924. The van der Waals surface area contributed by atoms with Gasteiger partial charge in [0, 0.05) is 30.1 Å². The van der Waals surface area contributed by atoms with E-state index in [4.69, 9.17) is 0 Å². The fourth-order valence-corrected chi connectivity index (χ4v) is 2.48. The summed E-state index contributed by atoms with van der Waals surface area (Å²) in [5.74, 6) is 0.0743. The third-order valence-corrected chi connectivity index (χ3v) is 3.63. The molecule has 0 saturated carbocycles. The van der Waals surface area contributed by atoms with E-state index in [0.29, 0.717) is 17.0 Å². The van der Waals surface area contributed by atoms with Crippen molar-refractivity contribution in [3.8, 4) is 11.4 Å². The highest BCUT2D eigenvalue weighted by molar-refractivity contribution is 5.59. The van der Waals surface area contributed by atoms with E-state index < -0.39 is 16.8 Å². The quantitative estimate of drug-likeness (QED) is 0.576. The normalized spacial score (nSPS) is 12.1. The Balaban J connectivity index is 1.88. The molecule has 1 aromatic heterocycles. The summed E-state index contributed by atoms with van der Waals surface area (Å²) in [5, 5.41) is 21.2. The zero-order valence-electron chi connectivity index (χ0n) is 12.5. The highest BCUT2D eigenvalue weighted by atomic mass is 19.1. The van der Waals surface area contributed by atoms with Gasteiger partial charge in [-0.25, -0.2) is 9.37 Å². The molecule has 0 saturated heterocycles. The van der Waals surface area contributed by atoms with Crippen molar-refractivity contribution in [2.75, 3.05) is 0 Å². The number of hydrogen-bond acceptors (Lipinski definition) is 4. The van der Waals surface area contributed by atoms with Crippen LogP contribution in [0.3, 0.4) is 0 Å². The Morgan fingerprint density at radius 2 is 2.04 bits per heavy atom. The van der Waals surface area contributed by atoms with Crippen LogP contribution >= 0.6 is 0 Å². The lowest BCUT2D eigenvalue weighted by Gasteiger charge is -2.14. The Morgan fingerprint density at radius 1 is 1.25 bits per heavy atom. The van der Waals surface area contributed by atoms with Gasteiger partial charge in [-0.2, -0.15) is 0 Å². The molecule has 122 valence electrons. The summed E-state index contributed by atoms with van der Waals surface area (Å²) >= 11 is 0. The predicted molar refractivity (Wildman–Crippen MR) is 85.7 cm³/mol. The first-order chi connectivity index (χ1) is 11.5. The first-order valence-corrected chi connectivity index (χ1v) is 7.24. The highest BCUT2D eigenvalue weighted by Gasteiger charge is 2.15. The third kappa shape index (κ3) is 3.31. The van der Waals surface area contributed by atoms with Gasteiger partial charge in [0.15, 0.2) is 0 Å². The molecule has 0 aliphatic carbocycles. The Labute approximate surface area is 137 Å². The maximum Gasteiger partial charge on any atom is 0.270 e. The van der Waals surface area contributed by atoms with Crippen molar-refractivity contribution >= 4 is 5.69 Å². The molecule has 6 nitrogen and oxygen atoms in total. The van der Waals surface area contributed by atoms with Gasteiger partial charge < -0.3 is 9.67 Å². The van der Waals surface area contributed by atoms with Crippen molar-refractivity contribution in [3.63, 3.8) is 0 Å². The minimum Gasteiger partial charge on any atom is -0.387 e. The van der Waals surface area contributed by atoms with Gasteiger partial charge in [0.1, 0.15) is 11.6 Å². The molecule has 3 aromatic rings. The number of aromatic nitrogens is 2. The molecular formula is C17H14FN3O3. The third-order valence-electron chi connectivity index (χ3n) is 3.63. The monoisotopic (exact) mass is 327 g/mol. The van der Waals surface area contributed by atoms with Crippen LogP contribution in [0.5, 0.6) is 0 Å². The van der Waals surface area contributed by atoms with Gasteiger partial charge in [0.05, 0.1) is 17.6 Å². The minimum absolute atomic E-state index is 0.0345. The van der Waals surface area contributed by atoms with E-state index in [1.54, 1.807) is 35.2 Å². The molecule has 3 rings (SSSR count). The first-order valence-electron chi connectivity index (χ1n) is 7.24. The second kappa shape index (κ2) is 6.59. The maximum absolute atomic E-state index is 13.3. The fraction of sp³-hybridized carbons (Fsp3) is 0.118. The summed E-state index contributed by atoms with van der Waals surface area (Å²) in [4.78, 5) is 14.6. The lowest BCUT2D eigenvalue weighted by atomic mass is 10.1. The SMILES string of the molecule is O=[N+]([O-])c1cccc(-c2nccn2C[C@H](O)c2cccc(F)c2)c1. The molecule has 0 aliphatic rings. The molecule has 0 bridgehead atoms. The number of halogens is 1. The molecule has 1 heterocycles. The summed E-state index contributed by atoms with van der Waals surface area (Å²) < 4.78 is 15.0. The average Bonchev–Trinajstić information content (AvgIpc) is 3.03. The smallest absolute Gasteiger partial charge is 0.270 e. The van der Waals surface area contributed by atoms with Gasteiger partial charge in [-0.3, -0.25) is 10.1 Å². The number of aliphatic hydroxyl groups excluding tert-OH is 1. The summed E-state index contributed by atoms with van der Waals surface area (Å²) in [6.07, 6.45) is 2.29. The Bertz CT molecular complexity index is 879. The fourth-order valence-electron chi connectivity index (χ4n) is 2.48.